The van der Waals surface area contributed by atoms with E-state index in [0.717, 1.165) is 0 Å². The topological polar surface area (TPSA) is 0 Å². The highest BCUT2D eigenvalue weighted by atomic mass is 14.3. The molecule has 0 nitrogen and oxygen atoms in total. The van der Waals surface area contributed by atoms with Gasteiger partial charge in [0.2, 0.25) is 0 Å². The normalized spacial score (nSPS) is 11.6. The van der Waals surface area contributed by atoms with Gasteiger partial charge in [-0.25, -0.2) is 0 Å². The fourth-order valence-corrected chi connectivity index (χ4v) is 4.39. The van der Waals surface area contributed by atoms with Crippen molar-refractivity contribution < 1.29 is 0 Å². The Labute approximate surface area is 174 Å². The zero-order valence-corrected chi connectivity index (χ0v) is 18.5. The van der Waals surface area contributed by atoms with Gasteiger partial charge in [-0.3, -0.25) is 0 Å². The van der Waals surface area contributed by atoms with Crippen molar-refractivity contribution >= 4 is 0 Å². The van der Waals surface area contributed by atoms with Crippen LogP contribution in [-0.4, -0.2) is 0 Å². The van der Waals surface area contributed by atoms with Crippen LogP contribution >= 0.6 is 0 Å². The summed E-state index contributed by atoms with van der Waals surface area (Å²) in [6, 6.07) is 22.2. The maximum absolute atomic E-state index is 2.43. The Kier molecular flexibility index (Phi) is 11.0. The van der Waals surface area contributed by atoms with Crippen LogP contribution in [0.5, 0.6) is 0 Å². The lowest BCUT2D eigenvalue weighted by atomic mass is 9.72. The predicted octanol–water partition coefficient (Wildman–Crippen LogP) is 9.08. The molecule has 0 aliphatic carbocycles. The zero-order valence-electron chi connectivity index (χ0n) is 18.5. The molecule has 2 rings (SSSR count). The van der Waals surface area contributed by atoms with E-state index in [9.17, 15) is 0 Å². The standard InChI is InChI=1S/C28H42/c1-3-4-5-6-7-8-9-10-11-12-13-20-25-28(2,26-21-16-14-17-22-26)27-23-18-15-19-24-27/h14-19,21-24H,3-13,20,25H2,1-2H3. The van der Waals surface area contributed by atoms with E-state index in [4.69, 9.17) is 0 Å². The van der Waals surface area contributed by atoms with Crippen LogP contribution in [0.4, 0.5) is 0 Å². The third kappa shape index (κ3) is 7.82. The van der Waals surface area contributed by atoms with Crippen LogP contribution in [0.1, 0.15) is 108 Å². The lowest BCUT2D eigenvalue weighted by molar-refractivity contribution is 0.469. The van der Waals surface area contributed by atoms with Crippen LogP contribution in [0.2, 0.25) is 0 Å². The smallest absolute Gasteiger partial charge is 0.0174 e. The molecule has 0 aliphatic heterocycles. The van der Waals surface area contributed by atoms with Gasteiger partial charge in [0.1, 0.15) is 0 Å². The monoisotopic (exact) mass is 378 g/mol. The Bertz CT molecular complexity index is 559. The Morgan fingerprint density at radius 1 is 0.500 bits per heavy atom. The minimum Gasteiger partial charge on any atom is -0.0654 e. The molecule has 0 radical (unpaired) electrons. The first kappa shape index (κ1) is 22.7. The molecular formula is C28H42. The Hall–Kier alpha value is -1.56. The first-order chi connectivity index (χ1) is 13.8. The van der Waals surface area contributed by atoms with E-state index in [1.807, 2.05) is 0 Å². The van der Waals surface area contributed by atoms with Crippen LogP contribution in [0.25, 0.3) is 0 Å². The molecule has 0 bridgehead atoms. The summed E-state index contributed by atoms with van der Waals surface area (Å²) in [7, 11) is 0. The van der Waals surface area contributed by atoms with Gasteiger partial charge in [-0.05, 0) is 17.5 Å². The van der Waals surface area contributed by atoms with Crippen molar-refractivity contribution in [1.29, 1.82) is 0 Å². The minimum absolute atomic E-state index is 0.126. The van der Waals surface area contributed by atoms with Crippen LogP contribution in [-0.2, 0) is 5.41 Å². The van der Waals surface area contributed by atoms with E-state index in [-0.39, 0.29) is 5.41 Å². The van der Waals surface area contributed by atoms with Gasteiger partial charge < -0.3 is 0 Å². The molecule has 0 atom stereocenters. The van der Waals surface area contributed by atoms with Gasteiger partial charge >= 0.3 is 0 Å². The second-order valence-corrected chi connectivity index (χ2v) is 8.70. The van der Waals surface area contributed by atoms with Gasteiger partial charge in [-0.1, -0.05) is 152 Å². The molecule has 2 aromatic rings. The summed E-state index contributed by atoms with van der Waals surface area (Å²) < 4.78 is 0. The van der Waals surface area contributed by atoms with Crippen LogP contribution < -0.4 is 0 Å². The van der Waals surface area contributed by atoms with E-state index in [0.29, 0.717) is 0 Å². The number of benzene rings is 2. The molecule has 0 spiro atoms. The maximum atomic E-state index is 2.43. The molecule has 0 aromatic heterocycles. The summed E-state index contributed by atoms with van der Waals surface area (Å²) in [5.74, 6) is 0. The molecule has 0 aliphatic rings. The second kappa shape index (κ2) is 13.6. The Morgan fingerprint density at radius 3 is 1.25 bits per heavy atom. The quantitative estimate of drug-likeness (QED) is 0.271. The molecule has 0 fully saturated rings. The highest BCUT2D eigenvalue weighted by molar-refractivity contribution is 5.38. The van der Waals surface area contributed by atoms with Crippen molar-refractivity contribution in [1.82, 2.24) is 0 Å². The second-order valence-electron chi connectivity index (χ2n) is 8.70. The molecule has 0 saturated carbocycles. The number of hydrogen-bond donors (Lipinski definition) is 0. The molecule has 154 valence electrons. The molecule has 2 aromatic carbocycles. The van der Waals surface area contributed by atoms with E-state index in [1.54, 1.807) is 0 Å². The SMILES string of the molecule is CCCCCCCCCCCCCCC(C)(c1ccccc1)c1ccccc1. The van der Waals surface area contributed by atoms with E-state index < -0.39 is 0 Å². The van der Waals surface area contributed by atoms with Gasteiger partial charge in [0.15, 0.2) is 0 Å². The zero-order chi connectivity index (χ0) is 19.9. The van der Waals surface area contributed by atoms with Crippen molar-refractivity contribution in [2.75, 3.05) is 0 Å². The maximum Gasteiger partial charge on any atom is 0.0174 e. The summed E-state index contributed by atoms with van der Waals surface area (Å²) in [5.41, 5.74) is 3.02. The molecular weight excluding hydrogens is 336 g/mol. The molecule has 0 saturated heterocycles. The molecule has 0 heterocycles. The molecule has 0 amide bonds. The minimum atomic E-state index is 0.126. The fourth-order valence-electron chi connectivity index (χ4n) is 4.39. The average molecular weight is 379 g/mol. The van der Waals surface area contributed by atoms with Gasteiger partial charge in [-0.2, -0.15) is 0 Å². The summed E-state index contributed by atoms with van der Waals surface area (Å²) in [5, 5.41) is 0. The van der Waals surface area contributed by atoms with E-state index in [1.165, 1.54) is 94.6 Å². The van der Waals surface area contributed by atoms with E-state index >= 15 is 0 Å². The Balaban J connectivity index is 1.68. The van der Waals surface area contributed by atoms with Crippen LogP contribution in [0, 0.1) is 0 Å². The summed E-state index contributed by atoms with van der Waals surface area (Å²) in [6.07, 6.45) is 18.2. The number of rotatable bonds is 15. The molecule has 0 unspecified atom stereocenters. The number of unbranched alkanes of at least 4 members (excludes halogenated alkanes) is 11. The van der Waals surface area contributed by atoms with Crippen LogP contribution in [0.3, 0.4) is 0 Å². The molecule has 0 heteroatoms. The largest absolute Gasteiger partial charge is 0.0654 e. The first-order valence-corrected chi connectivity index (χ1v) is 11.9. The van der Waals surface area contributed by atoms with Crippen LogP contribution in [0.15, 0.2) is 60.7 Å². The molecule has 28 heavy (non-hydrogen) atoms. The Morgan fingerprint density at radius 2 is 0.857 bits per heavy atom. The van der Waals surface area contributed by atoms with Gasteiger partial charge in [0.25, 0.3) is 0 Å². The average Bonchev–Trinajstić information content (AvgIpc) is 2.75. The molecule has 0 N–H and O–H groups in total. The summed E-state index contributed by atoms with van der Waals surface area (Å²) >= 11 is 0. The summed E-state index contributed by atoms with van der Waals surface area (Å²) in [6.45, 7) is 4.72. The number of hydrogen-bond acceptors (Lipinski definition) is 0. The van der Waals surface area contributed by atoms with Crippen molar-refractivity contribution in [3.05, 3.63) is 71.8 Å². The van der Waals surface area contributed by atoms with Gasteiger partial charge in [0, 0.05) is 5.41 Å². The predicted molar refractivity (Wildman–Crippen MR) is 125 cm³/mol. The highest BCUT2D eigenvalue weighted by Crippen LogP contribution is 2.36. The van der Waals surface area contributed by atoms with Gasteiger partial charge in [0.05, 0.1) is 0 Å². The van der Waals surface area contributed by atoms with Gasteiger partial charge in [-0.15, -0.1) is 0 Å². The highest BCUT2D eigenvalue weighted by Gasteiger charge is 2.27. The van der Waals surface area contributed by atoms with Crippen molar-refractivity contribution in [2.45, 2.75) is 103 Å². The fraction of sp³-hybridized carbons (Fsp3) is 0.571. The van der Waals surface area contributed by atoms with Crippen molar-refractivity contribution in [2.24, 2.45) is 0 Å². The summed E-state index contributed by atoms with van der Waals surface area (Å²) in [4.78, 5) is 0. The lowest BCUT2D eigenvalue weighted by Crippen LogP contribution is -2.23. The third-order valence-electron chi connectivity index (χ3n) is 6.35. The first-order valence-electron chi connectivity index (χ1n) is 11.9. The third-order valence-corrected chi connectivity index (χ3v) is 6.35. The van der Waals surface area contributed by atoms with Crippen molar-refractivity contribution in [3.8, 4) is 0 Å². The lowest BCUT2D eigenvalue weighted by Gasteiger charge is -2.31. The van der Waals surface area contributed by atoms with E-state index in [2.05, 4.69) is 74.5 Å². The van der Waals surface area contributed by atoms with Crippen molar-refractivity contribution in [3.63, 3.8) is 0 Å².